The van der Waals surface area contributed by atoms with Crippen LogP contribution in [0.25, 0.3) is 0 Å². The summed E-state index contributed by atoms with van der Waals surface area (Å²) in [7, 11) is 0. The van der Waals surface area contributed by atoms with E-state index in [0.29, 0.717) is 17.9 Å². The van der Waals surface area contributed by atoms with Crippen LogP contribution >= 0.6 is 0 Å². The first kappa shape index (κ1) is 21.8. The zero-order chi connectivity index (χ0) is 22.1. The van der Waals surface area contributed by atoms with Crippen molar-refractivity contribution in [2.24, 2.45) is 0 Å². The Morgan fingerprint density at radius 3 is 2.13 bits per heavy atom. The van der Waals surface area contributed by atoms with E-state index in [4.69, 9.17) is 4.74 Å². The summed E-state index contributed by atoms with van der Waals surface area (Å²) in [6, 6.07) is 25.3. The number of allylic oxidation sites excluding steroid dienone is 2. The quantitative estimate of drug-likeness (QED) is 0.373. The molecule has 0 aliphatic heterocycles. The molecule has 158 valence electrons. The maximum atomic E-state index is 12.3. The minimum atomic E-state index is -0.982. The van der Waals surface area contributed by atoms with E-state index in [2.05, 4.69) is 5.32 Å². The lowest BCUT2D eigenvalue weighted by Gasteiger charge is -2.16. The van der Waals surface area contributed by atoms with Crippen LogP contribution in [0.2, 0.25) is 0 Å². The van der Waals surface area contributed by atoms with E-state index in [0.717, 1.165) is 16.9 Å². The molecule has 0 amide bonds. The summed E-state index contributed by atoms with van der Waals surface area (Å²) < 4.78 is 5.77. The number of rotatable bonds is 10. The van der Waals surface area contributed by atoms with Crippen LogP contribution in [0.5, 0.6) is 5.75 Å². The summed E-state index contributed by atoms with van der Waals surface area (Å²) in [6.45, 7) is 2.16. The maximum absolute atomic E-state index is 12.3. The molecule has 0 aromatic heterocycles. The summed E-state index contributed by atoms with van der Waals surface area (Å²) >= 11 is 0. The molecular formula is C26H25NO4. The molecule has 3 aromatic carbocycles. The fraction of sp³-hybridized carbons (Fsp3) is 0.154. The van der Waals surface area contributed by atoms with Crippen LogP contribution in [0.15, 0.2) is 96.7 Å². The number of ether oxygens (including phenoxy) is 1. The molecule has 5 nitrogen and oxygen atoms in total. The molecule has 3 aromatic rings. The zero-order valence-corrected chi connectivity index (χ0v) is 17.3. The Balaban J connectivity index is 1.58. The SMILES string of the molecule is C/C(=C/C(=O)c1ccccc1)NC(Cc1ccc(OCc2ccccc2)cc1)C(=O)O. The van der Waals surface area contributed by atoms with Crippen molar-refractivity contribution in [1.82, 2.24) is 5.32 Å². The summed E-state index contributed by atoms with van der Waals surface area (Å²) in [5, 5.41) is 12.5. The predicted octanol–water partition coefficient (Wildman–Crippen LogP) is 4.64. The summed E-state index contributed by atoms with van der Waals surface area (Å²) in [5.74, 6) is -0.434. The fourth-order valence-corrected chi connectivity index (χ4v) is 3.10. The topological polar surface area (TPSA) is 75.6 Å². The lowest BCUT2D eigenvalue weighted by atomic mass is 10.0. The smallest absolute Gasteiger partial charge is 0.326 e. The van der Waals surface area contributed by atoms with Gasteiger partial charge in [-0.1, -0.05) is 72.8 Å². The molecule has 0 aliphatic carbocycles. The van der Waals surface area contributed by atoms with Gasteiger partial charge in [0.1, 0.15) is 18.4 Å². The molecule has 0 heterocycles. The maximum Gasteiger partial charge on any atom is 0.326 e. The van der Waals surface area contributed by atoms with Gasteiger partial charge in [0.25, 0.3) is 0 Å². The van der Waals surface area contributed by atoms with Gasteiger partial charge in [0, 0.05) is 23.8 Å². The molecule has 0 spiro atoms. The molecule has 1 atom stereocenters. The molecule has 31 heavy (non-hydrogen) atoms. The van der Waals surface area contributed by atoms with Gasteiger partial charge < -0.3 is 15.2 Å². The van der Waals surface area contributed by atoms with Crippen molar-refractivity contribution in [1.29, 1.82) is 0 Å². The van der Waals surface area contributed by atoms with E-state index in [9.17, 15) is 14.7 Å². The van der Waals surface area contributed by atoms with E-state index in [1.807, 2.05) is 60.7 Å². The summed E-state index contributed by atoms with van der Waals surface area (Å²) in [5.41, 5.74) is 2.99. The zero-order valence-electron chi connectivity index (χ0n) is 17.3. The Labute approximate surface area is 182 Å². The number of carboxylic acids is 1. The minimum Gasteiger partial charge on any atom is -0.489 e. The van der Waals surface area contributed by atoms with Crippen LogP contribution in [0.3, 0.4) is 0 Å². The Hall–Kier alpha value is -3.86. The third-order valence-corrected chi connectivity index (χ3v) is 4.72. The first-order chi connectivity index (χ1) is 15.0. The van der Waals surface area contributed by atoms with Crippen molar-refractivity contribution in [3.05, 3.63) is 113 Å². The second-order valence-corrected chi connectivity index (χ2v) is 7.22. The van der Waals surface area contributed by atoms with Gasteiger partial charge in [0.05, 0.1) is 0 Å². The summed E-state index contributed by atoms with van der Waals surface area (Å²) in [6.07, 6.45) is 1.70. The number of aliphatic carboxylic acids is 1. The molecule has 0 aliphatic rings. The minimum absolute atomic E-state index is 0.172. The predicted molar refractivity (Wildman–Crippen MR) is 120 cm³/mol. The van der Waals surface area contributed by atoms with E-state index in [1.165, 1.54) is 6.08 Å². The lowest BCUT2D eigenvalue weighted by molar-refractivity contribution is -0.139. The van der Waals surface area contributed by atoms with Crippen molar-refractivity contribution in [2.45, 2.75) is 26.0 Å². The Morgan fingerprint density at radius 1 is 0.903 bits per heavy atom. The second kappa shape index (κ2) is 10.8. The summed E-state index contributed by atoms with van der Waals surface area (Å²) in [4.78, 5) is 24.0. The molecule has 5 heteroatoms. The molecule has 0 saturated heterocycles. The van der Waals surface area contributed by atoms with Gasteiger partial charge in [-0.25, -0.2) is 4.79 Å². The van der Waals surface area contributed by atoms with Crippen LogP contribution in [0, 0.1) is 0 Å². The molecule has 0 radical (unpaired) electrons. The van der Waals surface area contributed by atoms with Gasteiger partial charge >= 0.3 is 5.97 Å². The van der Waals surface area contributed by atoms with E-state index in [1.54, 1.807) is 31.2 Å². The van der Waals surface area contributed by atoms with Gasteiger partial charge in [-0.3, -0.25) is 4.79 Å². The highest BCUT2D eigenvalue weighted by Gasteiger charge is 2.18. The largest absolute Gasteiger partial charge is 0.489 e. The van der Waals surface area contributed by atoms with Gasteiger partial charge in [0.2, 0.25) is 0 Å². The van der Waals surface area contributed by atoms with Crippen molar-refractivity contribution in [2.75, 3.05) is 0 Å². The molecule has 0 fully saturated rings. The number of carboxylic acid groups (broad SMARTS) is 1. The first-order valence-corrected chi connectivity index (χ1v) is 10.0. The first-order valence-electron chi connectivity index (χ1n) is 10.0. The second-order valence-electron chi connectivity index (χ2n) is 7.22. The van der Waals surface area contributed by atoms with Crippen molar-refractivity contribution in [3.63, 3.8) is 0 Å². The molecule has 3 rings (SSSR count). The number of benzene rings is 3. The molecule has 0 saturated carbocycles. The number of carbonyl (C=O) groups excluding carboxylic acids is 1. The van der Waals surface area contributed by atoms with Gasteiger partial charge in [0.15, 0.2) is 5.78 Å². The number of nitrogens with one attached hydrogen (secondary N) is 1. The Kier molecular flexibility index (Phi) is 7.60. The molecule has 0 bridgehead atoms. The average Bonchev–Trinajstić information content (AvgIpc) is 2.79. The van der Waals surface area contributed by atoms with Gasteiger partial charge in [-0.05, 0) is 30.2 Å². The third-order valence-electron chi connectivity index (χ3n) is 4.72. The average molecular weight is 415 g/mol. The van der Waals surface area contributed by atoms with E-state index >= 15 is 0 Å². The Bertz CT molecular complexity index is 1030. The molecular weight excluding hydrogens is 390 g/mol. The Morgan fingerprint density at radius 2 is 1.52 bits per heavy atom. The third kappa shape index (κ3) is 6.85. The van der Waals surface area contributed by atoms with Gasteiger partial charge in [-0.2, -0.15) is 0 Å². The highest BCUT2D eigenvalue weighted by molar-refractivity contribution is 6.04. The molecule has 1 unspecified atom stereocenters. The van der Waals surface area contributed by atoms with Crippen LogP contribution in [0.1, 0.15) is 28.4 Å². The highest BCUT2D eigenvalue weighted by atomic mass is 16.5. The number of hydrogen-bond acceptors (Lipinski definition) is 4. The molecule has 2 N–H and O–H groups in total. The number of ketones is 1. The lowest BCUT2D eigenvalue weighted by Crippen LogP contribution is -2.37. The van der Waals surface area contributed by atoms with Crippen LogP contribution in [0.4, 0.5) is 0 Å². The van der Waals surface area contributed by atoms with E-state index < -0.39 is 12.0 Å². The van der Waals surface area contributed by atoms with Crippen LogP contribution < -0.4 is 10.1 Å². The van der Waals surface area contributed by atoms with Gasteiger partial charge in [-0.15, -0.1) is 0 Å². The standard InChI is InChI=1S/C26H25NO4/c1-19(16-25(28)22-10-6-3-7-11-22)27-24(26(29)30)17-20-12-14-23(15-13-20)31-18-21-8-4-2-5-9-21/h2-16,24,27H,17-18H2,1H3,(H,29,30)/b19-16-. The van der Waals surface area contributed by atoms with Crippen molar-refractivity contribution < 1.29 is 19.4 Å². The van der Waals surface area contributed by atoms with Crippen molar-refractivity contribution in [3.8, 4) is 5.75 Å². The normalized spacial score (nSPS) is 12.1. The van der Waals surface area contributed by atoms with Crippen molar-refractivity contribution >= 4 is 11.8 Å². The monoisotopic (exact) mass is 415 g/mol. The fourth-order valence-electron chi connectivity index (χ4n) is 3.10. The van der Waals surface area contributed by atoms with E-state index in [-0.39, 0.29) is 12.2 Å². The number of hydrogen-bond donors (Lipinski definition) is 2. The number of carbonyl (C=O) groups is 2. The highest BCUT2D eigenvalue weighted by Crippen LogP contribution is 2.16. The van der Waals surface area contributed by atoms with Crippen LogP contribution in [-0.4, -0.2) is 22.9 Å². The van der Waals surface area contributed by atoms with Crippen LogP contribution in [-0.2, 0) is 17.8 Å².